The highest BCUT2D eigenvalue weighted by Crippen LogP contribution is 2.31. The number of rotatable bonds is 2. The lowest BCUT2D eigenvalue weighted by Gasteiger charge is -1.95. The summed E-state index contributed by atoms with van der Waals surface area (Å²) in [6, 6.07) is 8.14. The third-order valence-corrected chi connectivity index (χ3v) is 4.43. The summed E-state index contributed by atoms with van der Waals surface area (Å²) >= 11 is 1.75. The highest BCUT2D eigenvalue weighted by Gasteiger charge is 2.10. The quantitative estimate of drug-likeness (QED) is 0.778. The largest absolute Gasteiger partial charge is 0.384 e. The lowest BCUT2D eigenvalue weighted by atomic mass is 10.1. The number of nitrogens with zero attached hydrogens (tertiary/aromatic N) is 3. The van der Waals surface area contributed by atoms with Crippen LogP contribution in [0.25, 0.3) is 21.5 Å². The van der Waals surface area contributed by atoms with Crippen molar-refractivity contribution in [1.29, 1.82) is 0 Å². The first-order chi connectivity index (χ1) is 9.04. The van der Waals surface area contributed by atoms with E-state index in [1.54, 1.807) is 16.0 Å². The summed E-state index contributed by atoms with van der Waals surface area (Å²) in [5, 5.41) is 5.58. The van der Waals surface area contributed by atoms with E-state index < -0.39 is 0 Å². The van der Waals surface area contributed by atoms with Crippen molar-refractivity contribution in [3.05, 3.63) is 29.3 Å². The molecule has 2 aromatic heterocycles. The number of nitrogens with two attached hydrogens (primary N) is 1. The van der Waals surface area contributed by atoms with Gasteiger partial charge in [-0.15, -0.1) is 11.3 Å². The molecule has 0 saturated carbocycles. The van der Waals surface area contributed by atoms with E-state index in [0.29, 0.717) is 11.7 Å². The van der Waals surface area contributed by atoms with Gasteiger partial charge in [0.05, 0.1) is 20.9 Å². The van der Waals surface area contributed by atoms with Crippen LogP contribution in [-0.4, -0.2) is 14.8 Å². The van der Waals surface area contributed by atoms with Gasteiger partial charge in [0.2, 0.25) is 0 Å². The second-order valence-corrected chi connectivity index (χ2v) is 6.03. The van der Waals surface area contributed by atoms with Crippen molar-refractivity contribution >= 4 is 27.4 Å². The molecule has 0 aliphatic carbocycles. The first-order valence-corrected chi connectivity index (χ1v) is 7.06. The summed E-state index contributed by atoms with van der Waals surface area (Å²) < 4.78 is 2.89. The second-order valence-electron chi connectivity index (χ2n) is 4.97. The van der Waals surface area contributed by atoms with Crippen molar-refractivity contribution in [3.8, 4) is 11.3 Å². The van der Waals surface area contributed by atoms with E-state index in [4.69, 9.17) is 5.73 Å². The number of nitrogen functional groups attached to an aromatic ring is 1. The Morgan fingerprint density at radius 3 is 2.68 bits per heavy atom. The second kappa shape index (κ2) is 4.35. The number of anilines is 1. The maximum absolute atomic E-state index is 5.83. The summed E-state index contributed by atoms with van der Waals surface area (Å²) in [7, 11) is 1.85. The van der Waals surface area contributed by atoms with Crippen molar-refractivity contribution < 1.29 is 0 Å². The smallest absolute Gasteiger partial charge is 0.121 e. The van der Waals surface area contributed by atoms with Gasteiger partial charge in [0.1, 0.15) is 5.82 Å². The Morgan fingerprint density at radius 1 is 1.26 bits per heavy atom. The first-order valence-electron chi connectivity index (χ1n) is 6.25. The fraction of sp³-hybridized carbons (Fsp3) is 0.286. The first kappa shape index (κ1) is 12.2. The Bertz CT molecular complexity index is 720. The van der Waals surface area contributed by atoms with Crippen LogP contribution >= 0.6 is 11.3 Å². The Kier molecular flexibility index (Phi) is 2.78. The molecule has 0 spiro atoms. The van der Waals surface area contributed by atoms with Crippen LogP contribution < -0.4 is 5.73 Å². The summed E-state index contributed by atoms with van der Waals surface area (Å²) in [6.45, 7) is 4.33. The molecule has 0 aliphatic rings. The predicted octanol–water partition coefficient (Wildman–Crippen LogP) is 3.40. The fourth-order valence-electron chi connectivity index (χ4n) is 1.97. The lowest BCUT2D eigenvalue weighted by molar-refractivity contribution is 0.782. The molecule has 98 valence electrons. The van der Waals surface area contributed by atoms with Gasteiger partial charge in [0.25, 0.3) is 0 Å². The molecule has 0 bridgehead atoms. The molecule has 3 aromatic rings. The predicted molar refractivity (Wildman–Crippen MR) is 80.3 cm³/mol. The van der Waals surface area contributed by atoms with Gasteiger partial charge in [0.15, 0.2) is 0 Å². The average Bonchev–Trinajstić information content (AvgIpc) is 2.93. The molecule has 0 fully saturated rings. The third-order valence-electron chi connectivity index (χ3n) is 3.11. The topological polar surface area (TPSA) is 56.7 Å². The summed E-state index contributed by atoms with van der Waals surface area (Å²) in [4.78, 5) is 4.64. The van der Waals surface area contributed by atoms with Gasteiger partial charge in [-0.25, -0.2) is 4.98 Å². The number of aryl methyl sites for hydroxylation is 1. The van der Waals surface area contributed by atoms with Crippen LogP contribution in [0.4, 0.5) is 5.82 Å². The highest BCUT2D eigenvalue weighted by atomic mass is 32.1. The molecule has 0 aliphatic heterocycles. The molecule has 0 unspecified atom stereocenters. The van der Waals surface area contributed by atoms with Gasteiger partial charge < -0.3 is 5.73 Å². The summed E-state index contributed by atoms with van der Waals surface area (Å²) in [5.41, 5.74) is 8.87. The molecule has 3 rings (SSSR count). The zero-order chi connectivity index (χ0) is 13.6. The minimum atomic E-state index is 0.464. The van der Waals surface area contributed by atoms with Crippen LogP contribution in [0.15, 0.2) is 24.3 Å². The molecule has 1 aromatic carbocycles. The summed E-state index contributed by atoms with van der Waals surface area (Å²) in [5.74, 6) is 1.13. The third kappa shape index (κ3) is 2.10. The van der Waals surface area contributed by atoms with Crippen LogP contribution in [0.2, 0.25) is 0 Å². The maximum Gasteiger partial charge on any atom is 0.121 e. The number of hydrogen-bond donors (Lipinski definition) is 1. The number of hydrogen-bond acceptors (Lipinski definition) is 4. The van der Waals surface area contributed by atoms with Crippen molar-refractivity contribution in [2.24, 2.45) is 7.05 Å². The zero-order valence-electron chi connectivity index (χ0n) is 11.2. The molecule has 2 heterocycles. The van der Waals surface area contributed by atoms with E-state index in [1.165, 1.54) is 9.71 Å². The number of aromatic nitrogens is 3. The Hall–Kier alpha value is -1.88. The van der Waals surface area contributed by atoms with E-state index in [9.17, 15) is 0 Å². The zero-order valence-corrected chi connectivity index (χ0v) is 12.0. The van der Waals surface area contributed by atoms with Crippen LogP contribution in [0.5, 0.6) is 0 Å². The lowest BCUT2D eigenvalue weighted by Crippen LogP contribution is -1.96. The molecule has 0 radical (unpaired) electrons. The van der Waals surface area contributed by atoms with Gasteiger partial charge in [-0.05, 0) is 12.1 Å². The minimum absolute atomic E-state index is 0.464. The highest BCUT2D eigenvalue weighted by molar-refractivity contribution is 7.18. The van der Waals surface area contributed by atoms with Crippen LogP contribution in [-0.2, 0) is 7.05 Å². The minimum Gasteiger partial charge on any atom is -0.384 e. The summed E-state index contributed by atoms with van der Waals surface area (Å²) in [6.07, 6.45) is 0. The normalized spacial score (nSPS) is 11.6. The molecule has 0 amide bonds. The van der Waals surface area contributed by atoms with Crippen LogP contribution in [0.1, 0.15) is 24.8 Å². The molecule has 2 N–H and O–H groups in total. The van der Waals surface area contributed by atoms with E-state index in [-0.39, 0.29) is 0 Å². The molecule has 0 saturated heterocycles. The van der Waals surface area contributed by atoms with Crippen molar-refractivity contribution in [3.63, 3.8) is 0 Å². The van der Waals surface area contributed by atoms with Gasteiger partial charge in [-0.1, -0.05) is 19.9 Å². The number of fused-ring (bicyclic) bond motifs is 1. The van der Waals surface area contributed by atoms with Gasteiger partial charge in [0, 0.05) is 24.6 Å². The molecule has 5 heteroatoms. The van der Waals surface area contributed by atoms with Crippen molar-refractivity contribution in [2.45, 2.75) is 19.8 Å². The van der Waals surface area contributed by atoms with E-state index >= 15 is 0 Å². The number of benzene rings is 1. The van der Waals surface area contributed by atoms with Crippen LogP contribution in [0, 0.1) is 0 Å². The van der Waals surface area contributed by atoms with Crippen molar-refractivity contribution in [2.75, 3.05) is 5.73 Å². The Morgan fingerprint density at radius 2 is 2.05 bits per heavy atom. The van der Waals surface area contributed by atoms with E-state index in [0.717, 1.165) is 16.8 Å². The Labute approximate surface area is 115 Å². The molecular formula is C14H16N4S. The van der Waals surface area contributed by atoms with Crippen molar-refractivity contribution in [1.82, 2.24) is 14.8 Å². The standard InChI is InChI=1S/C14H16N4S/c1-8(2)14-16-10-5-4-9(6-12(10)19-14)11-7-13(15)18(3)17-11/h4-8H,15H2,1-3H3. The van der Waals surface area contributed by atoms with E-state index in [1.807, 2.05) is 19.2 Å². The molecule has 4 nitrogen and oxygen atoms in total. The van der Waals surface area contributed by atoms with Gasteiger partial charge in [-0.3, -0.25) is 4.68 Å². The van der Waals surface area contributed by atoms with Crippen LogP contribution in [0.3, 0.4) is 0 Å². The average molecular weight is 272 g/mol. The van der Waals surface area contributed by atoms with Gasteiger partial charge in [-0.2, -0.15) is 5.10 Å². The SMILES string of the molecule is CC(C)c1nc2ccc(-c3cc(N)n(C)n3)cc2s1. The maximum atomic E-state index is 5.83. The molecule has 0 atom stereocenters. The fourth-order valence-corrected chi connectivity index (χ4v) is 2.98. The van der Waals surface area contributed by atoms with E-state index in [2.05, 4.69) is 36.1 Å². The van der Waals surface area contributed by atoms with Gasteiger partial charge >= 0.3 is 0 Å². The molecular weight excluding hydrogens is 256 g/mol. The molecule has 19 heavy (non-hydrogen) atoms. The number of thiazole rings is 1. The monoisotopic (exact) mass is 272 g/mol. The Balaban J connectivity index is 2.10.